The molecule has 1 atom stereocenters. The molecule has 0 aliphatic heterocycles. The van der Waals surface area contributed by atoms with Gasteiger partial charge in [0.15, 0.2) is 0 Å². The van der Waals surface area contributed by atoms with Crippen molar-refractivity contribution >= 4 is 5.91 Å². The summed E-state index contributed by atoms with van der Waals surface area (Å²) in [5, 5.41) is 6.35. The van der Waals surface area contributed by atoms with Gasteiger partial charge < -0.3 is 10.6 Å². The number of benzene rings is 1. The van der Waals surface area contributed by atoms with Crippen LogP contribution in [0.4, 0.5) is 0 Å². The van der Waals surface area contributed by atoms with E-state index < -0.39 is 0 Å². The molecule has 0 radical (unpaired) electrons. The zero-order valence-electron chi connectivity index (χ0n) is 12.5. The third kappa shape index (κ3) is 5.03. The quantitative estimate of drug-likeness (QED) is 0.793. The van der Waals surface area contributed by atoms with Crippen LogP contribution in [0.1, 0.15) is 44.7 Å². The summed E-state index contributed by atoms with van der Waals surface area (Å²) in [5.74, 6) is 0.0854. The van der Waals surface area contributed by atoms with Gasteiger partial charge in [-0.15, -0.1) is 0 Å². The van der Waals surface area contributed by atoms with Crippen LogP contribution in [0.3, 0.4) is 0 Å². The first-order valence-corrected chi connectivity index (χ1v) is 7.16. The number of hydrogen-bond donors (Lipinski definition) is 2. The van der Waals surface area contributed by atoms with E-state index in [1.807, 2.05) is 19.1 Å². The molecular formula is C16H26N2O. The monoisotopic (exact) mass is 262 g/mol. The fourth-order valence-corrected chi connectivity index (χ4v) is 1.98. The second-order valence-corrected chi connectivity index (χ2v) is 5.05. The number of carbonyl (C=O) groups excluding carboxylic acids is 1. The summed E-state index contributed by atoms with van der Waals surface area (Å²) >= 11 is 0. The van der Waals surface area contributed by atoms with Crippen molar-refractivity contribution < 1.29 is 4.79 Å². The molecule has 0 aromatic heterocycles. The molecule has 0 heterocycles. The fourth-order valence-electron chi connectivity index (χ4n) is 1.98. The van der Waals surface area contributed by atoms with Gasteiger partial charge in [-0.1, -0.05) is 38.1 Å². The molecule has 0 saturated carbocycles. The highest BCUT2D eigenvalue weighted by molar-refractivity contribution is 5.81. The highest BCUT2D eigenvalue weighted by atomic mass is 16.2. The third-order valence-electron chi connectivity index (χ3n) is 3.59. The van der Waals surface area contributed by atoms with Crippen molar-refractivity contribution in [2.45, 2.75) is 59.2 Å². The predicted molar refractivity (Wildman–Crippen MR) is 80.0 cm³/mol. The largest absolute Gasteiger partial charge is 0.352 e. The smallest absolute Gasteiger partial charge is 0.237 e. The molecule has 1 unspecified atom stereocenters. The summed E-state index contributed by atoms with van der Waals surface area (Å²) in [6.07, 6.45) is 1.96. The molecular weight excluding hydrogens is 236 g/mol. The van der Waals surface area contributed by atoms with Gasteiger partial charge in [0.25, 0.3) is 0 Å². The maximum atomic E-state index is 12.0. The highest BCUT2D eigenvalue weighted by Crippen LogP contribution is 2.06. The van der Waals surface area contributed by atoms with Gasteiger partial charge >= 0.3 is 0 Å². The Morgan fingerprint density at radius 1 is 1.21 bits per heavy atom. The molecule has 0 aliphatic carbocycles. The molecule has 3 nitrogen and oxygen atoms in total. The van der Waals surface area contributed by atoms with E-state index in [4.69, 9.17) is 0 Å². The van der Waals surface area contributed by atoms with Crippen LogP contribution in [0.5, 0.6) is 0 Å². The highest BCUT2D eigenvalue weighted by Gasteiger charge is 2.15. The van der Waals surface area contributed by atoms with Crippen molar-refractivity contribution in [3.8, 4) is 0 Å². The lowest BCUT2D eigenvalue weighted by Crippen LogP contribution is -2.45. The van der Waals surface area contributed by atoms with Gasteiger partial charge in [0.2, 0.25) is 5.91 Å². The average molecular weight is 262 g/mol. The topological polar surface area (TPSA) is 41.1 Å². The van der Waals surface area contributed by atoms with Gasteiger partial charge in [-0.2, -0.15) is 0 Å². The van der Waals surface area contributed by atoms with Gasteiger partial charge in [0, 0.05) is 12.6 Å². The van der Waals surface area contributed by atoms with E-state index in [1.165, 1.54) is 11.1 Å². The van der Waals surface area contributed by atoms with E-state index in [0.29, 0.717) is 0 Å². The molecule has 1 aromatic rings. The molecule has 1 amide bonds. The summed E-state index contributed by atoms with van der Waals surface area (Å²) < 4.78 is 0. The second-order valence-electron chi connectivity index (χ2n) is 5.05. The standard InChI is InChI=1S/C16H26N2O/c1-5-15(6-2)18-16(19)13(4)17-11-14-10-8-7-9-12(14)3/h7-10,13,15,17H,5-6,11H2,1-4H3,(H,18,19). The van der Waals surface area contributed by atoms with Crippen molar-refractivity contribution in [1.29, 1.82) is 0 Å². The van der Waals surface area contributed by atoms with Gasteiger partial charge in [-0.05, 0) is 37.8 Å². The van der Waals surface area contributed by atoms with E-state index in [1.54, 1.807) is 0 Å². The van der Waals surface area contributed by atoms with Crippen LogP contribution in [0.25, 0.3) is 0 Å². The first-order chi connectivity index (χ1) is 9.08. The van der Waals surface area contributed by atoms with E-state index in [2.05, 4.69) is 43.5 Å². The first kappa shape index (κ1) is 15.7. The van der Waals surface area contributed by atoms with Crippen LogP contribution in [0, 0.1) is 6.92 Å². The SMILES string of the molecule is CCC(CC)NC(=O)C(C)NCc1ccccc1C. The first-order valence-electron chi connectivity index (χ1n) is 7.16. The minimum absolute atomic E-state index is 0.0854. The van der Waals surface area contributed by atoms with Gasteiger partial charge in [-0.25, -0.2) is 0 Å². The lowest BCUT2D eigenvalue weighted by Gasteiger charge is -2.19. The Bertz CT molecular complexity index is 399. The molecule has 0 spiro atoms. The minimum atomic E-state index is -0.166. The normalized spacial score (nSPS) is 12.5. The van der Waals surface area contributed by atoms with Crippen LogP contribution < -0.4 is 10.6 Å². The molecule has 0 aliphatic rings. The molecule has 2 N–H and O–H groups in total. The lowest BCUT2D eigenvalue weighted by atomic mass is 10.1. The van der Waals surface area contributed by atoms with Crippen LogP contribution in [-0.2, 0) is 11.3 Å². The Balaban J connectivity index is 2.45. The summed E-state index contributed by atoms with van der Waals surface area (Å²) in [4.78, 5) is 12.0. The number of nitrogens with one attached hydrogen (secondary N) is 2. The molecule has 3 heteroatoms. The molecule has 0 saturated heterocycles. The van der Waals surface area contributed by atoms with Crippen LogP contribution >= 0.6 is 0 Å². The Labute approximate surface area is 116 Å². The average Bonchev–Trinajstić information content (AvgIpc) is 2.43. The minimum Gasteiger partial charge on any atom is -0.352 e. The van der Waals surface area contributed by atoms with E-state index in [0.717, 1.165) is 19.4 Å². The number of aryl methyl sites for hydroxylation is 1. The second kappa shape index (κ2) is 7.95. The Morgan fingerprint density at radius 3 is 2.42 bits per heavy atom. The third-order valence-corrected chi connectivity index (χ3v) is 3.59. The van der Waals surface area contributed by atoms with Crippen molar-refractivity contribution in [1.82, 2.24) is 10.6 Å². The zero-order chi connectivity index (χ0) is 14.3. The maximum Gasteiger partial charge on any atom is 0.237 e. The maximum absolute atomic E-state index is 12.0. The summed E-state index contributed by atoms with van der Waals surface area (Å²) in [6.45, 7) is 8.92. The molecule has 1 aromatic carbocycles. The Morgan fingerprint density at radius 2 is 1.84 bits per heavy atom. The molecule has 1 rings (SSSR count). The number of amides is 1. The molecule has 106 valence electrons. The van der Waals surface area contributed by atoms with Crippen molar-refractivity contribution in [2.75, 3.05) is 0 Å². The number of rotatable bonds is 7. The summed E-state index contributed by atoms with van der Waals surface area (Å²) in [7, 11) is 0. The Hall–Kier alpha value is -1.35. The van der Waals surface area contributed by atoms with Gasteiger partial charge in [-0.3, -0.25) is 4.79 Å². The van der Waals surface area contributed by atoms with Crippen molar-refractivity contribution in [3.05, 3.63) is 35.4 Å². The van der Waals surface area contributed by atoms with Gasteiger partial charge in [0.05, 0.1) is 6.04 Å². The van der Waals surface area contributed by atoms with Crippen LogP contribution in [0.2, 0.25) is 0 Å². The van der Waals surface area contributed by atoms with E-state index >= 15 is 0 Å². The summed E-state index contributed by atoms with van der Waals surface area (Å²) in [5.41, 5.74) is 2.49. The fraction of sp³-hybridized carbons (Fsp3) is 0.562. The molecule has 0 bridgehead atoms. The van der Waals surface area contributed by atoms with Gasteiger partial charge in [0.1, 0.15) is 0 Å². The molecule has 0 fully saturated rings. The Kier molecular flexibility index (Phi) is 6.57. The van der Waals surface area contributed by atoms with E-state index in [9.17, 15) is 4.79 Å². The lowest BCUT2D eigenvalue weighted by molar-refractivity contribution is -0.123. The molecule has 19 heavy (non-hydrogen) atoms. The number of carbonyl (C=O) groups is 1. The summed E-state index contributed by atoms with van der Waals surface area (Å²) in [6, 6.07) is 8.36. The predicted octanol–water partition coefficient (Wildman–Crippen LogP) is 2.78. The van der Waals surface area contributed by atoms with E-state index in [-0.39, 0.29) is 18.0 Å². The van der Waals surface area contributed by atoms with Crippen molar-refractivity contribution in [3.63, 3.8) is 0 Å². The van der Waals surface area contributed by atoms with Crippen LogP contribution in [-0.4, -0.2) is 18.0 Å². The van der Waals surface area contributed by atoms with Crippen molar-refractivity contribution in [2.24, 2.45) is 0 Å². The van der Waals surface area contributed by atoms with Crippen LogP contribution in [0.15, 0.2) is 24.3 Å². The number of hydrogen-bond acceptors (Lipinski definition) is 2. The zero-order valence-corrected chi connectivity index (χ0v) is 12.5.